The third-order valence-electron chi connectivity index (χ3n) is 4.52. The normalized spacial score (nSPS) is 22.5. The number of pyridine rings is 1. The zero-order chi connectivity index (χ0) is 15.6. The molecule has 2 amide bonds. The third-order valence-corrected chi connectivity index (χ3v) is 4.52. The number of urea groups is 1. The van der Waals surface area contributed by atoms with Crippen LogP contribution in [0.1, 0.15) is 12.8 Å². The van der Waals surface area contributed by atoms with Crippen molar-refractivity contribution in [3.63, 3.8) is 0 Å². The Morgan fingerprint density at radius 2 is 2.32 bits per heavy atom. The van der Waals surface area contributed by atoms with E-state index in [0.29, 0.717) is 31.5 Å². The largest absolute Gasteiger partial charge is 0.478 e. The number of aromatic nitrogens is 1. The molecule has 1 atom stereocenters. The Labute approximate surface area is 131 Å². The monoisotopic (exact) mass is 305 g/mol. The summed E-state index contributed by atoms with van der Waals surface area (Å²) in [5.74, 6) is 1.11. The van der Waals surface area contributed by atoms with Crippen LogP contribution in [0.25, 0.3) is 0 Å². The Morgan fingerprint density at radius 3 is 3.00 bits per heavy atom. The molecule has 1 spiro atoms. The number of nitrogens with zero attached hydrogens (tertiary/aromatic N) is 3. The van der Waals surface area contributed by atoms with Crippen LogP contribution >= 0.6 is 0 Å². The van der Waals surface area contributed by atoms with Gasteiger partial charge in [0, 0.05) is 33.0 Å². The van der Waals surface area contributed by atoms with Gasteiger partial charge in [-0.15, -0.1) is 0 Å². The molecular weight excluding hydrogens is 282 g/mol. The number of ether oxygens (including phenoxy) is 2. The summed E-state index contributed by atoms with van der Waals surface area (Å²) in [4.78, 5) is 19.5. The predicted octanol–water partition coefficient (Wildman–Crippen LogP) is 1.62. The molecule has 6 heteroatoms. The Balaban J connectivity index is 1.49. The van der Waals surface area contributed by atoms with E-state index in [-0.39, 0.29) is 11.6 Å². The lowest BCUT2D eigenvalue weighted by molar-refractivity contribution is -0.119. The number of carbonyl (C=O) groups is 1. The van der Waals surface area contributed by atoms with Gasteiger partial charge in [0.2, 0.25) is 5.88 Å². The molecule has 0 N–H and O–H groups in total. The molecule has 2 saturated heterocycles. The van der Waals surface area contributed by atoms with Crippen molar-refractivity contribution in [1.29, 1.82) is 0 Å². The van der Waals surface area contributed by atoms with E-state index in [2.05, 4.69) is 4.98 Å². The zero-order valence-electron chi connectivity index (χ0n) is 13.2. The first kappa shape index (κ1) is 15.1. The minimum Gasteiger partial charge on any atom is -0.478 e. The van der Waals surface area contributed by atoms with Crippen LogP contribution < -0.4 is 4.74 Å². The smallest absolute Gasteiger partial charge is 0.319 e. The quantitative estimate of drug-likeness (QED) is 0.848. The van der Waals surface area contributed by atoms with Crippen LogP contribution in [0, 0.1) is 5.92 Å². The molecule has 6 nitrogen and oxygen atoms in total. The molecule has 2 aliphatic rings. The standard InChI is InChI=1S/C16H23N3O3/c1-18(2)15(20)19-11-16(12-19)13(7-10-22-16)6-9-21-14-5-3-4-8-17-14/h3-5,8,13H,6-7,9-12H2,1-2H3. The first-order valence-corrected chi connectivity index (χ1v) is 7.75. The Bertz CT molecular complexity index is 515. The summed E-state index contributed by atoms with van der Waals surface area (Å²) in [5, 5.41) is 0. The lowest BCUT2D eigenvalue weighted by Gasteiger charge is -2.50. The van der Waals surface area contributed by atoms with E-state index < -0.39 is 0 Å². The van der Waals surface area contributed by atoms with Gasteiger partial charge in [-0.2, -0.15) is 0 Å². The maximum atomic E-state index is 11.9. The molecule has 2 aliphatic heterocycles. The number of amides is 2. The minimum atomic E-state index is -0.154. The van der Waals surface area contributed by atoms with Crippen LogP contribution in [0.4, 0.5) is 4.79 Å². The van der Waals surface area contributed by atoms with Gasteiger partial charge in [0.15, 0.2) is 0 Å². The van der Waals surface area contributed by atoms with E-state index in [0.717, 1.165) is 19.4 Å². The van der Waals surface area contributed by atoms with E-state index in [9.17, 15) is 4.79 Å². The first-order chi connectivity index (χ1) is 10.6. The molecule has 3 rings (SSSR count). The van der Waals surface area contributed by atoms with Gasteiger partial charge in [-0.05, 0) is 24.8 Å². The Hall–Kier alpha value is -1.82. The minimum absolute atomic E-state index is 0.0598. The zero-order valence-corrected chi connectivity index (χ0v) is 13.2. The molecule has 22 heavy (non-hydrogen) atoms. The molecule has 1 aromatic heterocycles. The van der Waals surface area contributed by atoms with E-state index in [1.807, 2.05) is 23.1 Å². The fraction of sp³-hybridized carbons (Fsp3) is 0.625. The van der Waals surface area contributed by atoms with Crippen molar-refractivity contribution in [3.05, 3.63) is 24.4 Å². The Morgan fingerprint density at radius 1 is 1.50 bits per heavy atom. The third kappa shape index (κ3) is 2.88. The Kier molecular flexibility index (Phi) is 4.20. The maximum Gasteiger partial charge on any atom is 0.319 e. The fourth-order valence-electron chi connectivity index (χ4n) is 3.30. The summed E-state index contributed by atoms with van der Waals surface area (Å²) in [6.45, 7) is 2.79. The summed E-state index contributed by atoms with van der Waals surface area (Å²) in [5.41, 5.74) is -0.154. The summed E-state index contributed by atoms with van der Waals surface area (Å²) < 4.78 is 11.7. The van der Waals surface area contributed by atoms with Crippen LogP contribution in [-0.4, -0.2) is 66.8 Å². The van der Waals surface area contributed by atoms with Crippen molar-refractivity contribution in [2.75, 3.05) is 40.4 Å². The lowest BCUT2D eigenvalue weighted by atomic mass is 9.79. The van der Waals surface area contributed by atoms with Gasteiger partial charge in [-0.1, -0.05) is 6.07 Å². The number of hydrogen-bond donors (Lipinski definition) is 0. The highest BCUT2D eigenvalue weighted by Crippen LogP contribution is 2.41. The van der Waals surface area contributed by atoms with Crippen LogP contribution in [0.2, 0.25) is 0 Å². The van der Waals surface area contributed by atoms with E-state index in [4.69, 9.17) is 9.47 Å². The lowest BCUT2D eigenvalue weighted by Crippen LogP contribution is -2.67. The number of hydrogen-bond acceptors (Lipinski definition) is 4. The molecule has 3 heterocycles. The van der Waals surface area contributed by atoms with Crippen LogP contribution in [0.3, 0.4) is 0 Å². The average Bonchev–Trinajstić information content (AvgIpc) is 2.90. The van der Waals surface area contributed by atoms with Gasteiger partial charge in [-0.25, -0.2) is 9.78 Å². The second kappa shape index (κ2) is 6.12. The molecule has 0 radical (unpaired) electrons. The van der Waals surface area contributed by atoms with Crippen molar-refractivity contribution in [2.45, 2.75) is 18.4 Å². The first-order valence-electron chi connectivity index (χ1n) is 7.75. The van der Waals surface area contributed by atoms with E-state index in [1.54, 1.807) is 25.2 Å². The van der Waals surface area contributed by atoms with Crippen LogP contribution in [-0.2, 0) is 4.74 Å². The van der Waals surface area contributed by atoms with Gasteiger partial charge in [-0.3, -0.25) is 0 Å². The van der Waals surface area contributed by atoms with Crippen molar-refractivity contribution in [2.24, 2.45) is 5.92 Å². The summed E-state index contributed by atoms with van der Waals surface area (Å²) >= 11 is 0. The molecule has 0 aromatic carbocycles. The van der Waals surface area contributed by atoms with Crippen molar-refractivity contribution < 1.29 is 14.3 Å². The van der Waals surface area contributed by atoms with Crippen LogP contribution in [0.15, 0.2) is 24.4 Å². The van der Waals surface area contributed by atoms with Crippen LogP contribution in [0.5, 0.6) is 5.88 Å². The highest BCUT2D eigenvalue weighted by Gasteiger charge is 2.54. The summed E-state index contributed by atoms with van der Waals surface area (Å²) in [6.07, 6.45) is 3.70. The SMILES string of the molecule is CN(C)C(=O)N1CC2(C1)OCCC2CCOc1ccccn1. The van der Waals surface area contributed by atoms with Crippen molar-refractivity contribution in [3.8, 4) is 5.88 Å². The van der Waals surface area contributed by atoms with Gasteiger partial charge < -0.3 is 19.3 Å². The second-order valence-electron chi connectivity index (χ2n) is 6.24. The summed E-state index contributed by atoms with van der Waals surface area (Å²) in [6, 6.07) is 5.71. The molecular formula is C16H23N3O3. The van der Waals surface area contributed by atoms with Gasteiger partial charge in [0.05, 0.1) is 19.7 Å². The molecule has 1 unspecified atom stereocenters. The highest BCUT2D eigenvalue weighted by atomic mass is 16.5. The van der Waals surface area contributed by atoms with Crippen molar-refractivity contribution in [1.82, 2.24) is 14.8 Å². The van der Waals surface area contributed by atoms with Gasteiger partial charge >= 0.3 is 6.03 Å². The summed E-state index contributed by atoms with van der Waals surface area (Å²) in [7, 11) is 3.56. The molecule has 120 valence electrons. The fourth-order valence-corrected chi connectivity index (χ4v) is 3.30. The van der Waals surface area contributed by atoms with E-state index in [1.165, 1.54) is 0 Å². The topological polar surface area (TPSA) is 54.9 Å². The van der Waals surface area contributed by atoms with Gasteiger partial charge in [0.1, 0.15) is 5.60 Å². The van der Waals surface area contributed by atoms with Crippen molar-refractivity contribution >= 4 is 6.03 Å². The second-order valence-corrected chi connectivity index (χ2v) is 6.24. The predicted molar refractivity (Wildman–Crippen MR) is 81.8 cm³/mol. The molecule has 0 aliphatic carbocycles. The average molecular weight is 305 g/mol. The number of likely N-dealkylation sites (tertiary alicyclic amines) is 1. The highest BCUT2D eigenvalue weighted by molar-refractivity contribution is 5.75. The maximum absolute atomic E-state index is 11.9. The number of rotatable bonds is 4. The number of carbonyl (C=O) groups excluding carboxylic acids is 1. The molecule has 2 fully saturated rings. The van der Waals surface area contributed by atoms with Gasteiger partial charge in [0.25, 0.3) is 0 Å². The molecule has 1 aromatic rings. The molecule has 0 bridgehead atoms. The molecule has 0 saturated carbocycles. The van der Waals surface area contributed by atoms with E-state index >= 15 is 0 Å².